The SMILES string of the molecule is c1ccc2c(c1)OCCC2Cc1cnc[nH]1. The predicted molar refractivity (Wildman–Crippen MR) is 61.6 cm³/mol. The third-order valence-electron chi connectivity index (χ3n) is 3.10. The van der Waals surface area contributed by atoms with Gasteiger partial charge in [0.15, 0.2) is 0 Å². The lowest BCUT2D eigenvalue weighted by Gasteiger charge is -2.25. The summed E-state index contributed by atoms with van der Waals surface area (Å²) < 4.78 is 5.65. The smallest absolute Gasteiger partial charge is 0.122 e. The van der Waals surface area contributed by atoms with Crippen molar-refractivity contribution in [1.29, 1.82) is 0 Å². The molecule has 2 aromatic rings. The highest BCUT2D eigenvalue weighted by atomic mass is 16.5. The van der Waals surface area contributed by atoms with Gasteiger partial charge in [-0.1, -0.05) is 18.2 Å². The van der Waals surface area contributed by atoms with Gasteiger partial charge in [0.05, 0.1) is 12.9 Å². The first-order valence-electron chi connectivity index (χ1n) is 5.62. The molecule has 1 atom stereocenters. The number of benzene rings is 1. The van der Waals surface area contributed by atoms with Gasteiger partial charge in [-0.3, -0.25) is 0 Å². The van der Waals surface area contributed by atoms with Crippen LogP contribution in [0.5, 0.6) is 5.75 Å². The molecule has 0 radical (unpaired) electrons. The molecule has 1 aromatic heterocycles. The molecule has 1 unspecified atom stereocenters. The van der Waals surface area contributed by atoms with Gasteiger partial charge in [0.1, 0.15) is 5.75 Å². The van der Waals surface area contributed by atoms with Crippen LogP contribution >= 0.6 is 0 Å². The Morgan fingerprint density at radius 3 is 3.19 bits per heavy atom. The molecule has 0 fully saturated rings. The summed E-state index contributed by atoms with van der Waals surface area (Å²) in [6.45, 7) is 0.815. The van der Waals surface area contributed by atoms with E-state index >= 15 is 0 Å². The van der Waals surface area contributed by atoms with Gasteiger partial charge in [-0.2, -0.15) is 0 Å². The summed E-state index contributed by atoms with van der Waals surface area (Å²) in [4.78, 5) is 7.22. The zero-order valence-corrected chi connectivity index (χ0v) is 9.02. The molecule has 1 aromatic carbocycles. The zero-order valence-electron chi connectivity index (χ0n) is 9.02. The molecule has 16 heavy (non-hydrogen) atoms. The summed E-state index contributed by atoms with van der Waals surface area (Å²) in [7, 11) is 0. The maximum absolute atomic E-state index is 5.65. The van der Waals surface area contributed by atoms with Gasteiger partial charge in [0.25, 0.3) is 0 Å². The Balaban J connectivity index is 1.87. The molecule has 0 spiro atoms. The lowest BCUT2D eigenvalue weighted by molar-refractivity contribution is 0.266. The number of nitrogens with zero attached hydrogens (tertiary/aromatic N) is 1. The normalized spacial score (nSPS) is 18.9. The number of rotatable bonds is 2. The number of imidazole rings is 1. The van der Waals surface area contributed by atoms with Crippen LogP contribution in [0.1, 0.15) is 23.6 Å². The largest absolute Gasteiger partial charge is 0.493 e. The Hall–Kier alpha value is -1.77. The summed E-state index contributed by atoms with van der Waals surface area (Å²) >= 11 is 0. The molecule has 1 aliphatic rings. The van der Waals surface area contributed by atoms with Gasteiger partial charge in [-0.25, -0.2) is 4.98 Å². The van der Waals surface area contributed by atoms with Crippen molar-refractivity contribution in [3.05, 3.63) is 48.0 Å². The molecule has 3 nitrogen and oxygen atoms in total. The van der Waals surface area contributed by atoms with Crippen molar-refractivity contribution < 1.29 is 4.74 Å². The highest BCUT2D eigenvalue weighted by Crippen LogP contribution is 2.34. The van der Waals surface area contributed by atoms with Crippen molar-refractivity contribution in [2.75, 3.05) is 6.61 Å². The van der Waals surface area contributed by atoms with E-state index in [1.165, 1.54) is 11.3 Å². The standard InChI is InChI=1S/C13H14N2O/c1-2-4-13-12(3-1)10(5-6-16-13)7-11-8-14-9-15-11/h1-4,8-10H,5-7H2,(H,14,15). The average Bonchev–Trinajstić information content (AvgIpc) is 2.82. The van der Waals surface area contributed by atoms with E-state index in [0.717, 1.165) is 25.2 Å². The van der Waals surface area contributed by atoms with Crippen molar-refractivity contribution in [3.63, 3.8) is 0 Å². The summed E-state index contributed by atoms with van der Waals surface area (Å²) in [6, 6.07) is 8.31. The first-order chi connectivity index (χ1) is 7.93. The molecule has 2 heterocycles. The summed E-state index contributed by atoms with van der Waals surface area (Å²) in [5.41, 5.74) is 2.52. The first-order valence-corrected chi connectivity index (χ1v) is 5.62. The molecule has 0 amide bonds. The van der Waals surface area contributed by atoms with E-state index in [-0.39, 0.29) is 0 Å². The minimum absolute atomic E-state index is 0.547. The van der Waals surface area contributed by atoms with E-state index in [1.54, 1.807) is 6.33 Å². The molecule has 0 saturated carbocycles. The van der Waals surface area contributed by atoms with Crippen LogP contribution in [0.15, 0.2) is 36.8 Å². The maximum atomic E-state index is 5.65. The van der Waals surface area contributed by atoms with Crippen LogP contribution in [-0.2, 0) is 6.42 Å². The van der Waals surface area contributed by atoms with Crippen LogP contribution in [0.4, 0.5) is 0 Å². The fourth-order valence-corrected chi connectivity index (χ4v) is 2.29. The summed E-state index contributed by atoms with van der Waals surface area (Å²) in [5, 5.41) is 0. The van der Waals surface area contributed by atoms with E-state index in [2.05, 4.69) is 28.2 Å². The van der Waals surface area contributed by atoms with E-state index in [9.17, 15) is 0 Å². The highest BCUT2D eigenvalue weighted by Gasteiger charge is 2.21. The minimum Gasteiger partial charge on any atom is -0.493 e. The third-order valence-corrected chi connectivity index (χ3v) is 3.10. The van der Waals surface area contributed by atoms with Crippen molar-refractivity contribution >= 4 is 0 Å². The quantitative estimate of drug-likeness (QED) is 0.834. The van der Waals surface area contributed by atoms with Gasteiger partial charge in [0, 0.05) is 11.9 Å². The Labute approximate surface area is 94.5 Å². The number of para-hydroxylation sites is 1. The van der Waals surface area contributed by atoms with Crippen LogP contribution in [0, 0.1) is 0 Å². The molecular formula is C13H14N2O. The zero-order chi connectivity index (χ0) is 10.8. The molecule has 0 aliphatic carbocycles. The van der Waals surface area contributed by atoms with Gasteiger partial charge >= 0.3 is 0 Å². The molecule has 1 N–H and O–H groups in total. The Bertz CT molecular complexity index is 465. The minimum atomic E-state index is 0.547. The van der Waals surface area contributed by atoms with Crippen molar-refractivity contribution in [2.45, 2.75) is 18.8 Å². The van der Waals surface area contributed by atoms with Crippen LogP contribution in [0.2, 0.25) is 0 Å². The maximum Gasteiger partial charge on any atom is 0.122 e. The highest BCUT2D eigenvalue weighted by molar-refractivity contribution is 5.38. The molecular weight excluding hydrogens is 200 g/mol. The number of hydrogen-bond donors (Lipinski definition) is 1. The molecule has 82 valence electrons. The number of ether oxygens (including phenoxy) is 1. The average molecular weight is 214 g/mol. The number of H-pyrrole nitrogens is 1. The second-order valence-corrected chi connectivity index (χ2v) is 4.15. The first kappa shape index (κ1) is 9.46. The van der Waals surface area contributed by atoms with E-state index in [0.29, 0.717) is 5.92 Å². The second kappa shape index (κ2) is 4.00. The molecule has 0 bridgehead atoms. The summed E-state index contributed by atoms with van der Waals surface area (Å²) in [6.07, 6.45) is 5.73. The van der Waals surface area contributed by atoms with Crippen LogP contribution < -0.4 is 4.74 Å². The summed E-state index contributed by atoms with van der Waals surface area (Å²) in [5.74, 6) is 1.59. The van der Waals surface area contributed by atoms with Gasteiger partial charge in [-0.05, 0) is 30.4 Å². The third kappa shape index (κ3) is 1.69. The van der Waals surface area contributed by atoms with Crippen molar-refractivity contribution in [3.8, 4) is 5.75 Å². The lowest BCUT2D eigenvalue weighted by atomic mass is 9.89. The predicted octanol–water partition coefficient (Wildman–Crippen LogP) is 2.52. The van der Waals surface area contributed by atoms with Crippen molar-refractivity contribution in [2.24, 2.45) is 0 Å². The topological polar surface area (TPSA) is 37.9 Å². The Morgan fingerprint density at radius 1 is 1.38 bits per heavy atom. The van der Waals surface area contributed by atoms with Gasteiger partial charge in [-0.15, -0.1) is 0 Å². The number of fused-ring (bicyclic) bond motifs is 1. The van der Waals surface area contributed by atoms with Crippen LogP contribution in [0.3, 0.4) is 0 Å². The molecule has 3 rings (SSSR count). The van der Waals surface area contributed by atoms with E-state index in [1.807, 2.05) is 12.3 Å². The number of aromatic nitrogens is 2. The molecule has 3 heteroatoms. The van der Waals surface area contributed by atoms with Gasteiger partial charge in [0.2, 0.25) is 0 Å². The number of aromatic amines is 1. The van der Waals surface area contributed by atoms with Gasteiger partial charge < -0.3 is 9.72 Å². The number of nitrogens with one attached hydrogen (secondary N) is 1. The van der Waals surface area contributed by atoms with Crippen LogP contribution in [-0.4, -0.2) is 16.6 Å². The van der Waals surface area contributed by atoms with Crippen LogP contribution in [0.25, 0.3) is 0 Å². The molecule has 0 saturated heterocycles. The lowest BCUT2D eigenvalue weighted by Crippen LogP contribution is -2.16. The fourth-order valence-electron chi connectivity index (χ4n) is 2.29. The van der Waals surface area contributed by atoms with Crippen molar-refractivity contribution in [1.82, 2.24) is 9.97 Å². The van der Waals surface area contributed by atoms with E-state index < -0.39 is 0 Å². The fraction of sp³-hybridized carbons (Fsp3) is 0.308. The molecule has 1 aliphatic heterocycles. The Morgan fingerprint density at radius 2 is 2.31 bits per heavy atom. The number of hydrogen-bond acceptors (Lipinski definition) is 2. The van der Waals surface area contributed by atoms with E-state index in [4.69, 9.17) is 4.74 Å². The second-order valence-electron chi connectivity index (χ2n) is 4.15. The monoisotopic (exact) mass is 214 g/mol. The Kier molecular flexibility index (Phi) is 2.37.